The standard InChI is InChI=1S/C19H21N3O3S2/c1-12-9-17(22-25-12)21-19(24)13(2)26-11-18(23)20-8-7-14-10-27-16-6-4-3-5-15(14)16/h3-6,9-10,13H,7-8,11H2,1-2H3,(H,20,23)(H,21,22,24). The molecule has 1 unspecified atom stereocenters. The van der Waals surface area contributed by atoms with Gasteiger partial charge in [0.25, 0.3) is 0 Å². The number of hydrogen-bond donors (Lipinski definition) is 2. The van der Waals surface area contributed by atoms with Crippen molar-refractivity contribution in [2.24, 2.45) is 0 Å². The Morgan fingerprint density at radius 3 is 2.93 bits per heavy atom. The van der Waals surface area contributed by atoms with Crippen molar-refractivity contribution < 1.29 is 14.1 Å². The van der Waals surface area contributed by atoms with Crippen LogP contribution in [0.15, 0.2) is 40.2 Å². The molecule has 0 fully saturated rings. The van der Waals surface area contributed by atoms with Crippen LogP contribution in [0.2, 0.25) is 0 Å². The number of fused-ring (bicyclic) bond motifs is 1. The van der Waals surface area contributed by atoms with E-state index in [2.05, 4.69) is 33.3 Å². The molecule has 0 aliphatic carbocycles. The molecule has 6 nitrogen and oxygen atoms in total. The van der Waals surface area contributed by atoms with Crippen molar-refractivity contribution in [3.8, 4) is 0 Å². The summed E-state index contributed by atoms with van der Waals surface area (Å²) >= 11 is 3.01. The van der Waals surface area contributed by atoms with Crippen LogP contribution in [0, 0.1) is 6.92 Å². The van der Waals surface area contributed by atoms with E-state index >= 15 is 0 Å². The summed E-state index contributed by atoms with van der Waals surface area (Å²) in [6, 6.07) is 9.92. The lowest BCUT2D eigenvalue weighted by atomic mass is 10.1. The number of carbonyl (C=O) groups excluding carboxylic acids is 2. The molecule has 0 aliphatic rings. The summed E-state index contributed by atoms with van der Waals surface area (Å²) < 4.78 is 6.17. The van der Waals surface area contributed by atoms with E-state index in [4.69, 9.17) is 4.52 Å². The average Bonchev–Trinajstić information content (AvgIpc) is 3.26. The van der Waals surface area contributed by atoms with Gasteiger partial charge in [-0.05, 0) is 42.7 Å². The van der Waals surface area contributed by atoms with Gasteiger partial charge < -0.3 is 15.2 Å². The Morgan fingerprint density at radius 1 is 1.33 bits per heavy atom. The Morgan fingerprint density at radius 2 is 2.15 bits per heavy atom. The van der Waals surface area contributed by atoms with E-state index in [0.717, 1.165) is 6.42 Å². The number of amides is 2. The molecule has 2 amide bonds. The molecule has 0 spiro atoms. The summed E-state index contributed by atoms with van der Waals surface area (Å²) in [5.41, 5.74) is 1.25. The van der Waals surface area contributed by atoms with E-state index in [9.17, 15) is 9.59 Å². The third kappa shape index (κ3) is 5.33. The van der Waals surface area contributed by atoms with Gasteiger partial charge in [0.15, 0.2) is 5.82 Å². The van der Waals surface area contributed by atoms with Crippen LogP contribution >= 0.6 is 23.1 Å². The van der Waals surface area contributed by atoms with Gasteiger partial charge in [0, 0.05) is 17.3 Å². The molecule has 8 heteroatoms. The van der Waals surface area contributed by atoms with Crippen LogP contribution in [0.4, 0.5) is 5.82 Å². The van der Waals surface area contributed by atoms with Crippen LogP contribution in [0.1, 0.15) is 18.2 Å². The van der Waals surface area contributed by atoms with Crippen molar-refractivity contribution >= 4 is 50.8 Å². The van der Waals surface area contributed by atoms with Gasteiger partial charge in [0.2, 0.25) is 11.8 Å². The molecule has 0 bridgehead atoms. The Labute approximate surface area is 165 Å². The zero-order chi connectivity index (χ0) is 19.2. The summed E-state index contributed by atoms with van der Waals surface area (Å²) in [7, 11) is 0. The molecule has 3 rings (SSSR count). The fraction of sp³-hybridized carbons (Fsp3) is 0.316. The van der Waals surface area contributed by atoms with Crippen molar-refractivity contribution in [2.75, 3.05) is 17.6 Å². The van der Waals surface area contributed by atoms with Gasteiger partial charge in [-0.3, -0.25) is 9.59 Å². The van der Waals surface area contributed by atoms with Gasteiger partial charge in [0.1, 0.15) is 5.76 Å². The van der Waals surface area contributed by atoms with Crippen LogP contribution in [0.5, 0.6) is 0 Å². The average molecular weight is 404 g/mol. The molecule has 27 heavy (non-hydrogen) atoms. The van der Waals surface area contributed by atoms with Crippen molar-refractivity contribution in [1.82, 2.24) is 10.5 Å². The van der Waals surface area contributed by atoms with E-state index in [1.807, 2.05) is 12.1 Å². The number of carbonyl (C=O) groups is 2. The molecule has 2 heterocycles. The van der Waals surface area contributed by atoms with Crippen LogP contribution in [0.25, 0.3) is 10.1 Å². The molecule has 0 radical (unpaired) electrons. The highest BCUT2D eigenvalue weighted by Crippen LogP contribution is 2.25. The van der Waals surface area contributed by atoms with Crippen LogP contribution in [-0.2, 0) is 16.0 Å². The number of rotatable bonds is 8. The molecule has 3 aromatic rings. The minimum absolute atomic E-state index is 0.0727. The minimum atomic E-state index is -0.367. The maximum Gasteiger partial charge on any atom is 0.238 e. The first kappa shape index (κ1) is 19.4. The zero-order valence-electron chi connectivity index (χ0n) is 15.2. The molecular formula is C19H21N3O3S2. The van der Waals surface area contributed by atoms with Crippen molar-refractivity contribution in [3.63, 3.8) is 0 Å². The van der Waals surface area contributed by atoms with E-state index in [0.29, 0.717) is 18.1 Å². The fourth-order valence-corrected chi connectivity index (χ4v) is 4.25. The molecular weight excluding hydrogens is 382 g/mol. The second-order valence-corrected chi connectivity index (χ2v) is 8.36. The topological polar surface area (TPSA) is 84.2 Å². The molecule has 1 atom stereocenters. The molecule has 142 valence electrons. The summed E-state index contributed by atoms with van der Waals surface area (Å²) in [5.74, 6) is 0.972. The van der Waals surface area contributed by atoms with E-state index < -0.39 is 0 Å². The number of hydrogen-bond acceptors (Lipinski definition) is 6. The van der Waals surface area contributed by atoms with Gasteiger partial charge in [-0.1, -0.05) is 23.4 Å². The summed E-state index contributed by atoms with van der Waals surface area (Å²) in [6.07, 6.45) is 0.794. The number of aromatic nitrogens is 1. The predicted octanol–water partition coefficient (Wildman–Crippen LogP) is 3.62. The quantitative estimate of drug-likeness (QED) is 0.600. The number of thioether (sulfide) groups is 1. The van der Waals surface area contributed by atoms with E-state index in [1.165, 1.54) is 27.4 Å². The second kappa shape index (κ2) is 9.05. The van der Waals surface area contributed by atoms with Crippen molar-refractivity contribution in [3.05, 3.63) is 47.0 Å². The monoisotopic (exact) mass is 403 g/mol. The Hall–Kier alpha value is -2.32. The van der Waals surface area contributed by atoms with E-state index in [-0.39, 0.29) is 22.8 Å². The number of nitrogens with zero attached hydrogens (tertiary/aromatic N) is 1. The van der Waals surface area contributed by atoms with Crippen molar-refractivity contribution in [1.29, 1.82) is 0 Å². The number of nitrogens with one attached hydrogen (secondary N) is 2. The smallest absolute Gasteiger partial charge is 0.238 e. The highest BCUT2D eigenvalue weighted by atomic mass is 32.2. The number of thiophene rings is 1. The number of benzene rings is 1. The lowest BCUT2D eigenvalue weighted by Crippen LogP contribution is -2.30. The summed E-state index contributed by atoms with van der Waals surface area (Å²) in [5, 5.41) is 12.3. The molecule has 0 saturated carbocycles. The fourth-order valence-electron chi connectivity index (χ4n) is 2.54. The molecule has 2 N–H and O–H groups in total. The number of aryl methyl sites for hydroxylation is 1. The molecule has 0 saturated heterocycles. The van der Waals surface area contributed by atoms with Crippen LogP contribution in [0.3, 0.4) is 0 Å². The maximum atomic E-state index is 12.1. The zero-order valence-corrected chi connectivity index (χ0v) is 16.8. The predicted molar refractivity (Wildman–Crippen MR) is 110 cm³/mol. The second-order valence-electron chi connectivity index (χ2n) is 6.12. The van der Waals surface area contributed by atoms with Crippen molar-refractivity contribution in [2.45, 2.75) is 25.5 Å². The lowest BCUT2D eigenvalue weighted by Gasteiger charge is -2.10. The van der Waals surface area contributed by atoms with Gasteiger partial charge in [-0.25, -0.2) is 0 Å². The largest absolute Gasteiger partial charge is 0.360 e. The molecule has 1 aromatic carbocycles. The van der Waals surface area contributed by atoms with Gasteiger partial charge in [-0.15, -0.1) is 23.1 Å². The highest BCUT2D eigenvalue weighted by molar-refractivity contribution is 8.01. The first-order valence-corrected chi connectivity index (χ1v) is 10.5. The Balaban J connectivity index is 1.38. The normalized spacial score (nSPS) is 12.1. The number of anilines is 1. The Kier molecular flexibility index (Phi) is 6.52. The SMILES string of the molecule is Cc1cc(NC(=O)C(C)SCC(=O)NCCc2csc3ccccc23)no1. The highest BCUT2D eigenvalue weighted by Gasteiger charge is 2.16. The summed E-state index contributed by atoms with van der Waals surface area (Å²) in [4.78, 5) is 24.1. The van der Waals surface area contributed by atoms with E-state index in [1.54, 1.807) is 31.3 Å². The third-order valence-corrected chi connectivity index (χ3v) is 6.15. The van der Waals surface area contributed by atoms with Gasteiger partial charge >= 0.3 is 0 Å². The van der Waals surface area contributed by atoms with Gasteiger partial charge in [-0.2, -0.15) is 0 Å². The third-order valence-electron chi connectivity index (χ3n) is 3.99. The van der Waals surface area contributed by atoms with Gasteiger partial charge in [0.05, 0.1) is 11.0 Å². The van der Waals surface area contributed by atoms with Crippen LogP contribution in [-0.4, -0.2) is 34.5 Å². The Bertz CT molecular complexity index is 935. The summed E-state index contributed by atoms with van der Waals surface area (Å²) in [6.45, 7) is 4.10. The first-order chi connectivity index (χ1) is 13.0. The minimum Gasteiger partial charge on any atom is -0.360 e. The van der Waals surface area contributed by atoms with Crippen LogP contribution < -0.4 is 10.6 Å². The first-order valence-electron chi connectivity index (χ1n) is 8.60. The lowest BCUT2D eigenvalue weighted by molar-refractivity contribution is -0.118. The maximum absolute atomic E-state index is 12.1. The molecule has 2 aromatic heterocycles. The molecule has 0 aliphatic heterocycles.